The summed E-state index contributed by atoms with van der Waals surface area (Å²) in [5.74, 6) is -3.90. The number of aliphatic hydroxyl groups is 1. The minimum absolute atomic E-state index is 0.139. The van der Waals surface area contributed by atoms with Crippen molar-refractivity contribution in [1.82, 2.24) is 0 Å². The van der Waals surface area contributed by atoms with Gasteiger partial charge in [-0.15, -0.1) is 0 Å². The number of hydrogen-bond donors (Lipinski definition) is 2. The van der Waals surface area contributed by atoms with E-state index >= 15 is 0 Å². The zero-order chi connectivity index (χ0) is 13.8. The van der Waals surface area contributed by atoms with Gasteiger partial charge >= 0.3 is 0 Å². The van der Waals surface area contributed by atoms with Gasteiger partial charge in [-0.3, -0.25) is 0 Å². The molecule has 2 aromatic carbocycles. The summed E-state index contributed by atoms with van der Waals surface area (Å²) in [5.41, 5.74) is -0.139. The Bertz CT molecular complexity index is 540. The van der Waals surface area contributed by atoms with Crippen LogP contribution in [-0.4, -0.2) is 11.5 Å². The molecule has 0 radical (unpaired) electrons. The molecule has 1 unspecified atom stereocenters. The molecule has 0 amide bonds. The maximum atomic E-state index is 12.9. The first kappa shape index (κ1) is 13.2. The SMILES string of the molecule is OC(Nc1cc(F)c(F)c(F)c1)Oc1ccccc1. The highest BCUT2D eigenvalue weighted by molar-refractivity contribution is 5.44. The Balaban J connectivity index is 2.05. The number of halogens is 3. The highest BCUT2D eigenvalue weighted by Gasteiger charge is 2.12. The molecule has 2 N–H and O–H groups in total. The van der Waals surface area contributed by atoms with Gasteiger partial charge in [0.25, 0.3) is 6.41 Å². The molecule has 0 heterocycles. The predicted octanol–water partition coefficient (Wildman–Crippen LogP) is 2.87. The van der Waals surface area contributed by atoms with Crippen molar-refractivity contribution in [2.75, 3.05) is 5.32 Å². The van der Waals surface area contributed by atoms with Crippen LogP contribution in [0.15, 0.2) is 42.5 Å². The molecule has 0 aromatic heterocycles. The van der Waals surface area contributed by atoms with Crippen LogP contribution in [0.2, 0.25) is 0 Å². The van der Waals surface area contributed by atoms with Gasteiger partial charge < -0.3 is 15.2 Å². The minimum atomic E-state index is -1.57. The molecule has 0 saturated heterocycles. The van der Waals surface area contributed by atoms with Gasteiger partial charge in [0.05, 0.1) is 0 Å². The summed E-state index contributed by atoms with van der Waals surface area (Å²) < 4.78 is 43.6. The van der Waals surface area contributed by atoms with Gasteiger partial charge in [-0.25, -0.2) is 13.2 Å². The molecule has 0 saturated carbocycles. The molecule has 0 aliphatic rings. The number of hydrogen-bond acceptors (Lipinski definition) is 3. The zero-order valence-electron chi connectivity index (χ0n) is 9.61. The molecule has 0 aliphatic carbocycles. The van der Waals surface area contributed by atoms with E-state index in [1.165, 1.54) is 0 Å². The number of ether oxygens (including phenoxy) is 1. The van der Waals surface area contributed by atoms with Crippen molar-refractivity contribution in [2.45, 2.75) is 6.41 Å². The zero-order valence-corrected chi connectivity index (χ0v) is 9.61. The molecule has 6 heteroatoms. The highest BCUT2D eigenvalue weighted by atomic mass is 19.2. The lowest BCUT2D eigenvalue weighted by Crippen LogP contribution is -2.25. The van der Waals surface area contributed by atoms with Gasteiger partial charge in [0, 0.05) is 17.8 Å². The smallest absolute Gasteiger partial charge is 0.279 e. The summed E-state index contributed by atoms with van der Waals surface area (Å²) in [6, 6.07) is 9.77. The molecule has 0 bridgehead atoms. The van der Waals surface area contributed by atoms with E-state index in [0.29, 0.717) is 5.75 Å². The van der Waals surface area contributed by atoms with E-state index in [2.05, 4.69) is 5.32 Å². The average molecular weight is 269 g/mol. The summed E-state index contributed by atoms with van der Waals surface area (Å²) in [6.45, 7) is 0. The van der Waals surface area contributed by atoms with Crippen LogP contribution >= 0.6 is 0 Å². The fraction of sp³-hybridized carbons (Fsp3) is 0.0769. The number of aliphatic hydroxyl groups excluding tert-OH is 1. The van der Waals surface area contributed by atoms with Crippen molar-refractivity contribution in [3.63, 3.8) is 0 Å². The van der Waals surface area contributed by atoms with Gasteiger partial charge in [-0.1, -0.05) is 18.2 Å². The maximum Gasteiger partial charge on any atom is 0.279 e. The second-order valence-electron chi connectivity index (χ2n) is 3.68. The molecule has 2 rings (SSSR count). The van der Waals surface area contributed by atoms with E-state index in [0.717, 1.165) is 12.1 Å². The van der Waals surface area contributed by atoms with Crippen molar-refractivity contribution >= 4 is 5.69 Å². The van der Waals surface area contributed by atoms with Gasteiger partial charge in [-0.05, 0) is 12.1 Å². The number of para-hydroxylation sites is 1. The van der Waals surface area contributed by atoms with Crippen LogP contribution < -0.4 is 10.1 Å². The highest BCUT2D eigenvalue weighted by Crippen LogP contribution is 2.18. The first-order valence-corrected chi connectivity index (χ1v) is 5.37. The third-order valence-corrected chi connectivity index (χ3v) is 2.26. The molecule has 1 atom stereocenters. The molecule has 0 fully saturated rings. The van der Waals surface area contributed by atoms with Crippen LogP contribution in [-0.2, 0) is 0 Å². The lowest BCUT2D eigenvalue weighted by Gasteiger charge is -2.16. The Labute approximate surface area is 107 Å². The number of rotatable bonds is 4. The van der Waals surface area contributed by atoms with Crippen LogP contribution in [0.5, 0.6) is 5.75 Å². The first-order valence-electron chi connectivity index (χ1n) is 5.37. The van der Waals surface area contributed by atoms with Crippen molar-refractivity contribution in [2.24, 2.45) is 0 Å². The Morgan fingerprint density at radius 1 is 1.00 bits per heavy atom. The first-order chi connectivity index (χ1) is 9.06. The van der Waals surface area contributed by atoms with Crippen molar-refractivity contribution in [3.05, 3.63) is 59.9 Å². The van der Waals surface area contributed by atoms with Crippen LogP contribution in [0.3, 0.4) is 0 Å². The maximum absolute atomic E-state index is 12.9. The lowest BCUT2D eigenvalue weighted by atomic mass is 10.3. The molecule has 3 nitrogen and oxygen atoms in total. The monoisotopic (exact) mass is 269 g/mol. The Morgan fingerprint density at radius 3 is 2.16 bits per heavy atom. The van der Waals surface area contributed by atoms with Crippen molar-refractivity contribution in [1.29, 1.82) is 0 Å². The van der Waals surface area contributed by atoms with E-state index < -0.39 is 23.9 Å². The summed E-state index contributed by atoms with van der Waals surface area (Å²) in [4.78, 5) is 0. The Hall–Kier alpha value is -2.21. The van der Waals surface area contributed by atoms with Crippen molar-refractivity contribution in [3.8, 4) is 5.75 Å². The quantitative estimate of drug-likeness (QED) is 0.662. The summed E-state index contributed by atoms with van der Waals surface area (Å²) in [7, 11) is 0. The van der Waals surface area contributed by atoms with E-state index in [1.54, 1.807) is 30.3 Å². The summed E-state index contributed by atoms with van der Waals surface area (Å²) in [5, 5.41) is 11.8. The fourth-order valence-corrected chi connectivity index (χ4v) is 1.44. The van der Waals surface area contributed by atoms with Gasteiger partial charge in [0.15, 0.2) is 17.5 Å². The molecule has 19 heavy (non-hydrogen) atoms. The van der Waals surface area contributed by atoms with Crippen molar-refractivity contribution < 1.29 is 23.0 Å². The van der Waals surface area contributed by atoms with Crippen LogP contribution in [0, 0.1) is 17.5 Å². The van der Waals surface area contributed by atoms with Gasteiger partial charge in [0.1, 0.15) is 5.75 Å². The number of benzene rings is 2. The largest absolute Gasteiger partial charge is 0.447 e. The number of anilines is 1. The number of nitrogens with one attached hydrogen (secondary N) is 1. The van der Waals surface area contributed by atoms with Crippen LogP contribution in [0.4, 0.5) is 18.9 Å². The van der Waals surface area contributed by atoms with E-state index in [4.69, 9.17) is 4.74 Å². The average Bonchev–Trinajstić information content (AvgIpc) is 2.37. The van der Waals surface area contributed by atoms with Gasteiger partial charge in [0.2, 0.25) is 0 Å². The third-order valence-electron chi connectivity index (χ3n) is 2.26. The summed E-state index contributed by atoms with van der Waals surface area (Å²) >= 11 is 0. The van der Waals surface area contributed by atoms with E-state index in [-0.39, 0.29) is 5.69 Å². The van der Waals surface area contributed by atoms with Crippen LogP contribution in [0.25, 0.3) is 0 Å². The predicted molar refractivity (Wildman–Crippen MR) is 63.0 cm³/mol. The van der Waals surface area contributed by atoms with E-state index in [1.807, 2.05) is 0 Å². The molecular weight excluding hydrogens is 259 g/mol. The molecule has 2 aromatic rings. The summed E-state index contributed by atoms with van der Waals surface area (Å²) in [6.07, 6.45) is -1.52. The Morgan fingerprint density at radius 2 is 1.58 bits per heavy atom. The topological polar surface area (TPSA) is 41.5 Å². The lowest BCUT2D eigenvalue weighted by molar-refractivity contribution is 0.00771. The molecule has 0 aliphatic heterocycles. The second kappa shape index (κ2) is 5.62. The normalized spacial score (nSPS) is 12.0. The Kier molecular flexibility index (Phi) is 3.91. The minimum Gasteiger partial charge on any atom is -0.447 e. The molecular formula is C13H10F3NO2. The van der Waals surface area contributed by atoms with Gasteiger partial charge in [-0.2, -0.15) is 0 Å². The van der Waals surface area contributed by atoms with E-state index in [9.17, 15) is 18.3 Å². The molecule has 100 valence electrons. The second-order valence-corrected chi connectivity index (χ2v) is 3.68. The molecule has 0 spiro atoms. The van der Waals surface area contributed by atoms with Crippen LogP contribution in [0.1, 0.15) is 0 Å². The standard InChI is InChI=1S/C13H10F3NO2/c14-10-6-8(7-11(15)12(10)16)17-13(18)19-9-4-2-1-3-5-9/h1-7,13,17-18H. The third kappa shape index (κ3) is 3.38. The fourth-order valence-electron chi connectivity index (χ4n) is 1.44.